The summed E-state index contributed by atoms with van der Waals surface area (Å²) in [5.74, 6) is 0. The second-order valence-corrected chi connectivity index (χ2v) is 13.4. The molecule has 0 radical (unpaired) electrons. The van der Waals surface area contributed by atoms with E-state index in [1.165, 1.54) is 0 Å². The summed E-state index contributed by atoms with van der Waals surface area (Å²) < 4.78 is 54.2. The molecule has 36 heavy (non-hydrogen) atoms. The van der Waals surface area contributed by atoms with Gasteiger partial charge < -0.3 is 11.5 Å². The van der Waals surface area contributed by atoms with Crippen molar-refractivity contribution in [2.24, 2.45) is 11.5 Å². The van der Waals surface area contributed by atoms with Gasteiger partial charge in [-0.05, 0) is 63.8 Å². The van der Waals surface area contributed by atoms with Crippen molar-refractivity contribution >= 4 is 20.0 Å². The van der Waals surface area contributed by atoms with Crippen LogP contribution in [0.1, 0.15) is 62.5 Å². The van der Waals surface area contributed by atoms with E-state index in [4.69, 9.17) is 11.5 Å². The third-order valence-corrected chi connectivity index (χ3v) is 9.93. The molecule has 8 nitrogen and oxygen atoms in total. The molecule has 0 amide bonds. The summed E-state index contributed by atoms with van der Waals surface area (Å²) in [4.78, 5) is 0.622. The van der Waals surface area contributed by atoms with Crippen LogP contribution in [0.15, 0.2) is 58.3 Å². The predicted molar refractivity (Wildman–Crippen MR) is 143 cm³/mol. The lowest BCUT2D eigenvalue weighted by Crippen LogP contribution is -2.49. The Morgan fingerprint density at radius 1 is 0.583 bits per heavy atom. The van der Waals surface area contributed by atoms with Gasteiger partial charge in [-0.15, -0.1) is 0 Å². The van der Waals surface area contributed by atoms with Gasteiger partial charge in [0, 0.05) is 24.2 Å². The minimum absolute atomic E-state index is 0.0704. The number of sulfonamides is 2. The summed E-state index contributed by atoms with van der Waals surface area (Å²) in [6.45, 7) is 3.86. The van der Waals surface area contributed by atoms with Gasteiger partial charge in [0.15, 0.2) is 0 Å². The van der Waals surface area contributed by atoms with Crippen LogP contribution in [0.25, 0.3) is 0 Å². The van der Waals surface area contributed by atoms with E-state index in [1.54, 1.807) is 48.5 Å². The molecule has 2 saturated carbocycles. The Hall–Kier alpha value is -1.82. The molecule has 200 valence electrons. The molecule has 0 aromatic heterocycles. The first-order chi connectivity index (χ1) is 17.0. The fraction of sp³-hybridized carbons (Fsp3) is 0.538. The van der Waals surface area contributed by atoms with E-state index in [2.05, 4.69) is 9.44 Å². The number of benzene rings is 2. The number of rotatable bonds is 6. The zero-order chi connectivity index (χ0) is 26.3. The van der Waals surface area contributed by atoms with Crippen LogP contribution in [-0.4, -0.2) is 41.0 Å². The molecule has 10 heteroatoms. The lowest BCUT2D eigenvalue weighted by Gasteiger charge is -2.29. The van der Waals surface area contributed by atoms with E-state index in [-0.39, 0.29) is 24.2 Å². The average Bonchev–Trinajstić information content (AvgIpc) is 2.83. The Kier molecular flexibility index (Phi) is 10.1. The van der Waals surface area contributed by atoms with Gasteiger partial charge in [-0.1, -0.05) is 61.1 Å². The normalized spacial score (nSPS) is 25.0. The van der Waals surface area contributed by atoms with Crippen molar-refractivity contribution in [3.05, 3.63) is 59.7 Å². The summed E-state index contributed by atoms with van der Waals surface area (Å²) >= 11 is 0. The largest absolute Gasteiger partial charge is 0.326 e. The van der Waals surface area contributed by atoms with Gasteiger partial charge in [0.2, 0.25) is 20.0 Å². The molecule has 6 N–H and O–H groups in total. The lowest BCUT2D eigenvalue weighted by atomic mass is 9.92. The Bertz CT molecular complexity index is 1090. The first-order valence-electron chi connectivity index (χ1n) is 12.7. The molecule has 2 fully saturated rings. The fourth-order valence-electron chi connectivity index (χ4n) is 4.58. The molecule has 0 bridgehead atoms. The Labute approximate surface area is 216 Å². The summed E-state index contributed by atoms with van der Waals surface area (Å²) in [5, 5.41) is 0. The van der Waals surface area contributed by atoms with Crippen LogP contribution < -0.4 is 20.9 Å². The van der Waals surface area contributed by atoms with E-state index in [9.17, 15) is 16.8 Å². The van der Waals surface area contributed by atoms with Crippen LogP contribution in [0.2, 0.25) is 0 Å². The maximum absolute atomic E-state index is 12.2. The van der Waals surface area contributed by atoms with Gasteiger partial charge in [0.1, 0.15) is 0 Å². The van der Waals surface area contributed by atoms with Crippen molar-refractivity contribution in [1.82, 2.24) is 9.44 Å². The van der Waals surface area contributed by atoms with E-state index >= 15 is 0 Å². The van der Waals surface area contributed by atoms with Gasteiger partial charge in [-0.2, -0.15) is 0 Å². The first kappa shape index (κ1) is 28.7. The molecule has 0 spiro atoms. The zero-order valence-electron chi connectivity index (χ0n) is 21.2. The average molecular weight is 537 g/mol. The van der Waals surface area contributed by atoms with Crippen molar-refractivity contribution in [2.75, 3.05) is 0 Å². The monoisotopic (exact) mass is 536 g/mol. The Morgan fingerprint density at radius 3 is 1.19 bits per heavy atom. The zero-order valence-corrected chi connectivity index (χ0v) is 22.8. The quantitative estimate of drug-likeness (QED) is 0.447. The fourth-order valence-corrected chi connectivity index (χ4v) is 7.22. The van der Waals surface area contributed by atoms with Crippen molar-refractivity contribution in [3.63, 3.8) is 0 Å². The molecule has 4 atom stereocenters. The van der Waals surface area contributed by atoms with Crippen molar-refractivity contribution < 1.29 is 16.8 Å². The third kappa shape index (κ3) is 8.09. The van der Waals surface area contributed by atoms with Gasteiger partial charge in [0.25, 0.3) is 0 Å². The summed E-state index contributed by atoms with van der Waals surface area (Å²) in [7, 11) is -6.88. The van der Waals surface area contributed by atoms with Crippen molar-refractivity contribution in [1.29, 1.82) is 0 Å². The van der Waals surface area contributed by atoms with E-state index in [0.717, 1.165) is 62.5 Å². The Balaban J connectivity index is 0.000000201. The maximum atomic E-state index is 12.2. The smallest absolute Gasteiger partial charge is 0.240 e. The van der Waals surface area contributed by atoms with Crippen LogP contribution in [0.3, 0.4) is 0 Å². The summed E-state index contributed by atoms with van der Waals surface area (Å²) in [5.41, 5.74) is 14.0. The number of nitrogens with one attached hydrogen (secondary N) is 2. The molecule has 2 aliphatic rings. The highest BCUT2D eigenvalue weighted by Crippen LogP contribution is 2.21. The second-order valence-electron chi connectivity index (χ2n) is 9.98. The lowest BCUT2D eigenvalue weighted by molar-refractivity contribution is 0.361. The molecule has 2 aromatic carbocycles. The Morgan fingerprint density at radius 2 is 0.889 bits per heavy atom. The number of aryl methyl sites for hydroxylation is 2. The van der Waals surface area contributed by atoms with Crippen LogP contribution in [-0.2, 0) is 20.0 Å². The van der Waals surface area contributed by atoms with Crippen molar-refractivity contribution in [3.8, 4) is 0 Å². The maximum Gasteiger partial charge on any atom is 0.240 e. The molecule has 0 saturated heterocycles. The molecule has 2 aliphatic carbocycles. The number of hydrogen-bond donors (Lipinski definition) is 4. The molecular weight excluding hydrogens is 496 g/mol. The third-order valence-electron chi connectivity index (χ3n) is 6.91. The van der Waals surface area contributed by atoms with Gasteiger partial charge in [-0.25, -0.2) is 26.3 Å². The first-order valence-corrected chi connectivity index (χ1v) is 15.6. The van der Waals surface area contributed by atoms with Crippen LogP contribution in [0, 0.1) is 13.8 Å². The van der Waals surface area contributed by atoms with Gasteiger partial charge in [0.05, 0.1) is 9.79 Å². The molecular formula is C26H40N4O4S2. The standard InChI is InChI=1S/2C13H20N2O2S/c2*1-10-6-8-11(9-7-10)18(16,17)15-13-5-3-2-4-12(13)14/h2*6-9,12-13,15H,2-5,14H2,1H3/t2*12-,13-/m10/s1. The van der Waals surface area contributed by atoms with Crippen LogP contribution >= 0.6 is 0 Å². The number of hydrogen-bond acceptors (Lipinski definition) is 6. The SMILES string of the molecule is Cc1ccc(S(=O)(=O)N[C@@H]2CCCC[C@H]2N)cc1.Cc1ccc(S(=O)(=O)N[C@H]2CCCC[C@@H]2N)cc1. The van der Waals surface area contributed by atoms with E-state index < -0.39 is 20.0 Å². The van der Waals surface area contributed by atoms with Gasteiger partial charge >= 0.3 is 0 Å². The summed E-state index contributed by atoms with van der Waals surface area (Å²) in [6.07, 6.45) is 7.68. The highest BCUT2D eigenvalue weighted by atomic mass is 32.2. The van der Waals surface area contributed by atoms with Crippen LogP contribution in [0.5, 0.6) is 0 Å². The minimum atomic E-state index is -3.44. The highest BCUT2D eigenvalue weighted by molar-refractivity contribution is 7.89. The molecule has 0 unspecified atom stereocenters. The highest BCUT2D eigenvalue weighted by Gasteiger charge is 2.28. The topological polar surface area (TPSA) is 144 Å². The van der Waals surface area contributed by atoms with E-state index in [1.807, 2.05) is 13.8 Å². The minimum Gasteiger partial charge on any atom is -0.326 e. The van der Waals surface area contributed by atoms with E-state index in [0.29, 0.717) is 9.79 Å². The summed E-state index contributed by atoms with van der Waals surface area (Å²) in [6, 6.07) is 13.3. The molecule has 2 aromatic rings. The predicted octanol–water partition coefficient (Wildman–Crippen LogP) is 3.09. The molecule has 4 rings (SSSR count). The number of nitrogens with two attached hydrogens (primary N) is 2. The molecule has 0 heterocycles. The van der Waals surface area contributed by atoms with Crippen molar-refractivity contribution in [2.45, 2.75) is 99.2 Å². The molecule has 0 aliphatic heterocycles. The van der Waals surface area contributed by atoms with Crippen LogP contribution in [0.4, 0.5) is 0 Å². The van der Waals surface area contributed by atoms with Gasteiger partial charge in [-0.3, -0.25) is 0 Å². The second kappa shape index (κ2) is 12.6.